The van der Waals surface area contributed by atoms with E-state index in [1.165, 1.54) is 0 Å². The summed E-state index contributed by atoms with van der Waals surface area (Å²) < 4.78 is 4.91. The number of H-pyrrole nitrogens is 1. The number of carbonyl (C=O) groups excluding carboxylic acids is 1. The van der Waals surface area contributed by atoms with E-state index in [9.17, 15) is 4.79 Å². The first kappa shape index (κ1) is 12.0. The molecule has 6 heteroatoms. The fourth-order valence-electron chi connectivity index (χ4n) is 1.68. The van der Waals surface area contributed by atoms with Crippen molar-refractivity contribution in [2.45, 2.75) is 6.92 Å². The number of nitrogens with two attached hydrogens (primary N) is 1. The molecule has 0 spiro atoms. The number of esters is 1. The van der Waals surface area contributed by atoms with Crippen molar-refractivity contribution in [3.8, 4) is 0 Å². The van der Waals surface area contributed by atoms with Gasteiger partial charge in [0, 0.05) is 16.6 Å². The Balaban J connectivity index is 2.33. The fraction of sp³-hybridized carbons (Fsp3) is 0.167. The molecule has 0 aliphatic rings. The van der Waals surface area contributed by atoms with Crippen molar-refractivity contribution in [3.05, 3.63) is 30.0 Å². The maximum absolute atomic E-state index is 11.6. The molecule has 0 aliphatic carbocycles. The molecule has 2 rings (SSSR count). The molecule has 5 N–H and O–H groups in total. The first-order valence-corrected chi connectivity index (χ1v) is 5.51. The van der Waals surface area contributed by atoms with Crippen LogP contribution in [0.15, 0.2) is 24.3 Å². The number of hydrogen-bond acceptors (Lipinski definition) is 3. The summed E-state index contributed by atoms with van der Waals surface area (Å²) in [6, 6.07) is 7.09. The van der Waals surface area contributed by atoms with E-state index in [0.29, 0.717) is 18.0 Å². The first-order valence-electron chi connectivity index (χ1n) is 5.51. The SMILES string of the molecule is CCOC(=O)c1cc2cc(NC(=N)N)ccc2[nH]1. The van der Waals surface area contributed by atoms with Gasteiger partial charge in [-0.15, -0.1) is 0 Å². The van der Waals surface area contributed by atoms with Crippen LogP contribution in [0.25, 0.3) is 10.9 Å². The molecule has 94 valence electrons. The summed E-state index contributed by atoms with van der Waals surface area (Å²) in [6.45, 7) is 2.10. The van der Waals surface area contributed by atoms with Gasteiger partial charge < -0.3 is 20.8 Å². The molecule has 0 radical (unpaired) electrons. The van der Waals surface area contributed by atoms with Crippen LogP contribution in [-0.2, 0) is 4.74 Å². The smallest absolute Gasteiger partial charge is 0.354 e. The molecule has 1 aromatic carbocycles. The lowest BCUT2D eigenvalue weighted by Crippen LogP contribution is -2.20. The van der Waals surface area contributed by atoms with Gasteiger partial charge >= 0.3 is 5.97 Å². The Hall–Kier alpha value is -2.50. The van der Waals surface area contributed by atoms with Gasteiger partial charge in [0.1, 0.15) is 5.69 Å². The van der Waals surface area contributed by atoms with Gasteiger partial charge in [-0.2, -0.15) is 0 Å². The molecule has 1 aromatic heterocycles. The van der Waals surface area contributed by atoms with Crippen molar-refractivity contribution in [1.29, 1.82) is 5.41 Å². The van der Waals surface area contributed by atoms with Gasteiger partial charge in [0.25, 0.3) is 0 Å². The topological polar surface area (TPSA) is 104 Å². The molecule has 0 fully saturated rings. The Bertz CT molecular complexity index is 603. The average Bonchev–Trinajstić information content (AvgIpc) is 2.71. The van der Waals surface area contributed by atoms with E-state index >= 15 is 0 Å². The van der Waals surface area contributed by atoms with Crippen LogP contribution in [0.4, 0.5) is 5.69 Å². The van der Waals surface area contributed by atoms with Crippen molar-refractivity contribution in [2.24, 2.45) is 5.73 Å². The second-order valence-electron chi connectivity index (χ2n) is 3.74. The number of aromatic nitrogens is 1. The van der Waals surface area contributed by atoms with Crippen molar-refractivity contribution in [2.75, 3.05) is 11.9 Å². The highest BCUT2D eigenvalue weighted by Gasteiger charge is 2.10. The van der Waals surface area contributed by atoms with Gasteiger partial charge in [0.05, 0.1) is 6.61 Å². The van der Waals surface area contributed by atoms with Gasteiger partial charge in [-0.05, 0) is 31.2 Å². The molecule has 0 saturated heterocycles. The average molecular weight is 246 g/mol. The first-order chi connectivity index (χ1) is 8.60. The molecule has 0 saturated carbocycles. The molecule has 1 heterocycles. The predicted octanol–water partition coefficient (Wildman–Crippen LogP) is 1.65. The van der Waals surface area contributed by atoms with E-state index < -0.39 is 0 Å². The highest BCUT2D eigenvalue weighted by atomic mass is 16.5. The van der Waals surface area contributed by atoms with Gasteiger partial charge in [0.2, 0.25) is 0 Å². The summed E-state index contributed by atoms with van der Waals surface area (Å²) in [7, 11) is 0. The van der Waals surface area contributed by atoms with Crippen LogP contribution in [0.5, 0.6) is 0 Å². The Morgan fingerprint density at radius 3 is 2.94 bits per heavy atom. The summed E-state index contributed by atoms with van der Waals surface area (Å²) in [6.07, 6.45) is 0. The highest BCUT2D eigenvalue weighted by molar-refractivity contribution is 5.97. The lowest BCUT2D eigenvalue weighted by atomic mass is 10.2. The van der Waals surface area contributed by atoms with Crippen LogP contribution in [0.2, 0.25) is 0 Å². The molecule has 2 aromatic rings. The Labute approximate surface area is 104 Å². The zero-order chi connectivity index (χ0) is 13.1. The quantitative estimate of drug-likeness (QED) is 0.375. The number of anilines is 1. The normalized spacial score (nSPS) is 10.3. The van der Waals surface area contributed by atoms with E-state index in [1.54, 1.807) is 25.1 Å². The summed E-state index contributed by atoms with van der Waals surface area (Å²) in [5, 5.41) is 10.7. The standard InChI is InChI=1S/C12H14N4O2/c1-2-18-11(17)10-6-7-5-8(15-12(13)14)3-4-9(7)16-10/h3-6,16H,2H2,1H3,(H4,13,14,15). The van der Waals surface area contributed by atoms with Gasteiger partial charge in [-0.25, -0.2) is 4.79 Å². The minimum absolute atomic E-state index is 0.129. The van der Waals surface area contributed by atoms with E-state index in [-0.39, 0.29) is 11.9 Å². The molecule has 6 nitrogen and oxygen atoms in total. The summed E-state index contributed by atoms with van der Waals surface area (Å²) in [5.41, 5.74) is 7.19. The fourth-order valence-corrected chi connectivity index (χ4v) is 1.68. The highest BCUT2D eigenvalue weighted by Crippen LogP contribution is 2.20. The number of hydrogen-bond donors (Lipinski definition) is 4. The van der Waals surface area contributed by atoms with Gasteiger partial charge in [0.15, 0.2) is 5.96 Å². The zero-order valence-corrected chi connectivity index (χ0v) is 9.91. The Morgan fingerprint density at radius 2 is 2.28 bits per heavy atom. The number of benzene rings is 1. The largest absolute Gasteiger partial charge is 0.461 e. The van der Waals surface area contributed by atoms with E-state index in [1.807, 2.05) is 6.07 Å². The molecule has 0 unspecified atom stereocenters. The van der Waals surface area contributed by atoms with Crippen molar-refractivity contribution in [1.82, 2.24) is 4.98 Å². The van der Waals surface area contributed by atoms with E-state index in [2.05, 4.69) is 10.3 Å². The number of carbonyl (C=O) groups is 1. The predicted molar refractivity (Wildman–Crippen MR) is 69.8 cm³/mol. The number of fused-ring (bicyclic) bond motifs is 1. The monoisotopic (exact) mass is 246 g/mol. The second kappa shape index (κ2) is 4.79. The number of rotatable bonds is 3. The Morgan fingerprint density at radius 1 is 1.50 bits per heavy atom. The van der Waals surface area contributed by atoms with E-state index in [0.717, 1.165) is 10.9 Å². The molecule has 0 bridgehead atoms. The third-order valence-electron chi connectivity index (χ3n) is 2.40. The van der Waals surface area contributed by atoms with Crippen LogP contribution in [0, 0.1) is 5.41 Å². The minimum atomic E-state index is -0.380. The Kier molecular flexibility index (Phi) is 3.18. The second-order valence-corrected chi connectivity index (χ2v) is 3.74. The van der Waals surface area contributed by atoms with Crippen LogP contribution in [0.3, 0.4) is 0 Å². The van der Waals surface area contributed by atoms with Crippen LogP contribution in [-0.4, -0.2) is 23.5 Å². The van der Waals surface area contributed by atoms with Crippen LogP contribution >= 0.6 is 0 Å². The molecule has 0 atom stereocenters. The summed E-state index contributed by atoms with van der Waals surface area (Å²) in [4.78, 5) is 14.5. The number of guanidine groups is 1. The molecule has 18 heavy (non-hydrogen) atoms. The maximum atomic E-state index is 11.6. The molecule has 0 aliphatic heterocycles. The number of nitrogens with one attached hydrogen (secondary N) is 3. The van der Waals surface area contributed by atoms with Crippen LogP contribution < -0.4 is 11.1 Å². The third kappa shape index (κ3) is 2.42. The van der Waals surface area contributed by atoms with Crippen molar-refractivity contribution in [3.63, 3.8) is 0 Å². The summed E-state index contributed by atoms with van der Waals surface area (Å²) >= 11 is 0. The lowest BCUT2D eigenvalue weighted by molar-refractivity contribution is 0.0520. The lowest BCUT2D eigenvalue weighted by Gasteiger charge is -2.02. The van der Waals surface area contributed by atoms with Crippen LogP contribution in [0.1, 0.15) is 17.4 Å². The maximum Gasteiger partial charge on any atom is 0.354 e. The van der Waals surface area contributed by atoms with Crippen molar-refractivity contribution >= 4 is 28.5 Å². The third-order valence-corrected chi connectivity index (χ3v) is 2.40. The zero-order valence-electron chi connectivity index (χ0n) is 9.91. The van der Waals surface area contributed by atoms with Gasteiger partial charge in [-0.3, -0.25) is 5.41 Å². The van der Waals surface area contributed by atoms with Gasteiger partial charge in [-0.1, -0.05) is 0 Å². The minimum Gasteiger partial charge on any atom is -0.461 e. The van der Waals surface area contributed by atoms with E-state index in [4.69, 9.17) is 15.9 Å². The summed E-state index contributed by atoms with van der Waals surface area (Å²) in [5.74, 6) is -0.509. The van der Waals surface area contributed by atoms with Crippen molar-refractivity contribution < 1.29 is 9.53 Å². The molecular formula is C12H14N4O2. The number of ether oxygens (including phenoxy) is 1. The molecule has 0 amide bonds. The molecular weight excluding hydrogens is 232 g/mol. The number of aromatic amines is 1.